The minimum atomic E-state index is -0.353. The number of aromatic nitrogens is 4. The Labute approximate surface area is 226 Å². The van der Waals surface area contributed by atoms with E-state index in [0.717, 1.165) is 53.0 Å². The molecule has 1 heterocycles. The lowest BCUT2D eigenvalue weighted by atomic mass is 9.91. The highest BCUT2D eigenvalue weighted by atomic mass is 16.5. The largest absolute Gasteiger partial charge is 0.455 e. The van der Waals surface area contributed by atoms with Crippen molar-refractivity contribution >= 4 is 17.4 Å². The van der Waals surface area contributed by atoms with Gasteiger partial charge in [-0.15, -0.1) is 5.10 Å². The summed E-state index contributed by atoms with van der Waals surface area (Å²) >= 11 is 0. The van der Waals surface area contributed by atoms with Crippen molar-refractivity contribution in [1.82, 2.24) is 20.6 Å². The fraction of sp³-hybridized carbons (Fsp3) is 0.161. The van der Waals surface area contributed by atoms with Gasteiger partial charge in [0.25, 0.3) is 0 Å². The van der Waals surface area contributed by atoms with Gasteiger partial charge in [0.05, 0.1) is 5.69 Å². The lowest BCUT2D eigenvalue weighted by Crippen LogP contribution is -2.20. The minimum absolute atomic E-state index is 0.353. The Hall–Kier alpha value is -4.98. The van der Waals surface area contributed by atoms with Gasteiger partial charge in [0.1, 0.15) is 5.75 Å². The maximum atomic E-state index is 13.2. The predicted octanol–water partition coefficient (Wildman–Crippen LogP) is 7.16. The Bertz CT molecular complexity index is 1630. The summed E-state index contributed by atoms with van der Waals surface area (Å²) in [6.07, 6.45) is 4.38. The zero-order chi connectivity index (χ0) is 26.6. The fourth-order valence-electron chi connectivity index (χ4n) is 5.05. The average molecular weight is 517 g/mol. The monoisotopic (exact) mass is 516 g/mol. The smallest absolute Gasteiger partial charge is 0.323 e. The third-order valence-electron chi connectivity index (χ3n) is 7.03. The van der Waals surface area contributed by atoms with E-state index in [-0.39, 0.29) is 6.03 Å². The van der Waals surface area contributed by atoms with Crippen LogP contribution in [0.5, 0.6) is 11.5 Å². The Balaban J connectivity index is 1.38. The zero-order valence-electron chi connectivity index (χ0n) is 21.6. The predicted molar refractivity (Wildman–Crippen MR) is 152 cm³/mol. The van der Waals surface area contributed by atoms with Crippen LogP contribution in [-0.4, -0.2) is 26.7 Å². The summed E-state index contributed by atoms with van der Waals surface area (Å²) in [6.45, 7) is 1.96. The van der Waals surface area contributed by atoms with Crippen molar-refractivity contribution in [1.29, 1.82) is 0 Å². The number of carbonyl (C=O) groups excluding carboxylic acids is 1. The molecule has 8 nitrogen and oxygen atoms in total. The van der Waals surface area contributed by atoms with Crippen LogP contribution in [0.2, 0.25) is 0 Å². The van der Waals surface area contributed by atoms with Gasteiger partial charge < -0.3 is 15.4 Å². The van der Waals surface area contributed by atoms with E-state index in [9.17, 15) is 4.79 Å². The maximum absolute atomic E-state index is 13.2. The molecule has 1 aromatic heterocycles. The standard InChI is InChI=1S/C31H28N6O2/c1-20-9-2-7-15-26(20)32-31(38)33-27-19-22(23-12-5-6-14-25(23)30-34-36-37-35-30)17-18-29(27)39-28-16-8-11-21-10-3-4-13-24(21)28/h2,5-9,11-12,14-19H,3-4,10,13H2,1H3,(H2,32,33,38)(H,34,35,36,37). The molecule has 0 fully saturated rings. The molecule has 0 saturated heterocycles. The molecule has 3 N–H and O–H groups in total. The molecule has 0 atom stereocenters. The Morgan fingerprint density at radius 2 is 1.62 bits per heavy atom. The molecule has 194 valence electrons. The second kappa shape index (κ2) is 10.8. The van der Waals surface area contributed by atoms with Crippen LogP contribution < -0.4 is 15.4 Å². The molecule has 8 heteroatoms. The number of ether oxygens (including phenoxy) is 1. The first kappa shape index (κ1) is 24.4. The summed E-state index contributed by atoms with van der Waals surface area (Å²) in [5.41, 5.74) is 7.50. The van der Waals surface area contributed by atoms with Crippen molar-refractivity contribution in [2.24, 2.45) is 0 Å². The molecule has 0 bridgehead atoms. The average Bonchev–Trinajstić information content (AvgIpc) is 3.51. The number of hydrogen-bond donors (Lipinski definition) is 3. The van der Waals surface area contributed by atoms with E-state index in [0.29, 0.717) is 17.3 Å². The molecule has 1 aliphatic carbocycles. The molecule has 4 aromatic carbocycles. The number of nitrogens with zero attached hydrogens (tertiary/aromatic N) is 3. The number of anilines is 2. The van der Waals surface area contributed by atoms with Gasteiger partial charge in [-0.2, -0.15) is 0 Å². The van der Waals surface area contributed by atoms with E-state index >= 15 is 0 Å². The summed E-state index contributed by atoms with van der Waals surface area (Å²) in [5, 5.41) is 20.4. The molecule has 39 heavy (non-hydrogen) atoms. The topological polar surface area (TPSA) is 105 Å². The van der Waals surface area contributed by atoms with Gasteiger partial charge in [-0.1, -0.05) is 60.7 Å². The second-order valence-corrected chi connectivity index (χ2v) is 9.60. The molecule has 0 aliphatic heterocycles. The maximum Gasteiger partial charge on any atom is 0.323 e. The number of hydrogen-bond acceptors (Lipinski definition) is 5. The highest BCUT2D eigenvalue weighted by Gasteiger charge is 2.18. The molecule has 0 spiro atoms. The number of fused-ring (bicyclic) bond motifs is 1. The normalized spacial score (nSPS) is 12.4. The first-order valence-corrected chi connectivity index (χ1v) is 13.1. The van der Waals surface area contributed by atoms with Crippen molar-refractivity contribution < 1.29 is 9.53 Å². The van der Waals surface area contributed by atoms with Crippen molar-refractivity contribution in [3.05, 3.63) is 102 Å². The number of aryl methyl sites for hydroxylation is 2. The zero-order valence-corrected chi connectivity index (χ0v) is 21.6. The van der Waals surface area contributed by atoms with Crippen LogP contribution in [0, 0.1) is 6.92 Å². The Morgan fingerprint density at radius 3 is 2.46 bits per heavy atom. The van der Waals surface area contributed by atoms with E-state index in [4.69, 9.17) is 4.74 Å². The number of urea groups is 1. The molecule has 5 aromatic rings. The number of nitrogens with one attached hydrogen (secondary N) is 3. The third-order valence-corrected chi connectivity index (χ3v) is 7.03. The highest BCUT2D eigenvalue weighted by Crippen LogP contribution is 2.39. The van der Waals surface area contributed by atoms with Crippen LogP contribution in [0.4, 0.5) is 16.2 Å². The number of tetrazole rings is 1. The SMILES string of the molecule is Cc1ccccc1NC(=O)Nc1cc(-c2ccccc2-c2nnn[nH]2)ccc1Oc1cccc2c1CCCC2. The van der Waals surface area contributed by atoms with E-state index in [1.54, 1.807) is 0 Å². The van der Waals surface area contributed by atoms with Crippen molar-refractivity contribution in [3.63, 3.8) is 0 Å². The quantitative estimate of drug-likeness (QED) is 0.222. The lowest BCUT2D eigenvalue weighted by Gasteiger charge is -2.21. The number of para-hydroxylation sites is 1. The fourth-order valence-corrected chi connectivity index (χ4v) is 5.05. The number of H-pyrrole nitrogens is 1. The molecule has 0 saturated carbocycles. The third kappa shape index (κ3) is 5.22. The molecule has 2 amide bonds. The second-order valence-electron chi connectivity index (χ2n) is 9.60. The number of benzene rings is 4. The molecule has 1 aliphatic rings. The van der Waals surface area contributed by atoms with Crippen LogP contribution in [0.3, 0.4) is 0 Å². The van der Waals surface area contributed by atoms with Crippen molar-refractivity contribution in [2.75, 3.05) is 10.6 Å². The molecule has 0 radical (unpaired) electrons. The van der Waals surface area contributed by atoms with E-state index in [2.05, 4.69) is 37.3 Å². The van der Waals surface area contributed by atoms with Gasteiger partial charge >= 0.3 is 6.03 Å². The van der Waals surface area contributed by atoms with Crippen LogP contribution in [0.1, 0.15) is 29.5 Å². The summed E-state index contributed by atoms with van der Waals surface area (Å²) in [4.78, 5) is 13.2. The van der Waals surface area contributed by atoms with Gasteiger partial charge in [-0.25, -0.2) is 9.89 Å². The summed E-state index contributed by atoms with van der Waals surface area (Å²) < 4.78 is 6.50. The first-order valence-electron chi connectivity index (χ1n) is 13.1. The number of rotatable bonds is 6. The number of carbonyl (C=O) groups is 1. The van der Waals surface area contributed by atoms with Crippen LogP contribution in [-0.2, 0) is 12.8 Å². The van der Waals surface area contributed by atoms with Crippen LogP contribution in [0.15, 0.2) is 84.9 Å². The van der Waals surface area contributed by atoms with Crippen LogP contribution >= 0.6 is 0 Å². The summed E-state index contributed by atoms with van der Waals surface area (Å²) in [5.74, 6) is 1.96. The van der Waals surface area contributed by atoms with Crippen LogP contribution in [0.25, 0.3) is 22.5 Å². The van der Waals surface area contributed by atoms with Gasteiger partial charge in [0, 0.05) is 11.3 Å². The van der Waals surface area contributed by atoms with E-state index in [1.807, 2.05) is 85.8 Å². The first-order chi connectivity index (χ1) is 19.2. The number of aromatic amines is 1. The summed E-state index contributed by atoms with van der Waals surface area (Å²) in [6, 6.07) is 27.2. The Kier molecular flexibility index (Phi) is 6.74. The Morgan fingerprint density at radius 1 is 0.821 bits per heavy atom. The molecular weight excluding hydrogens is 488 g/mol. The lowest BCUT2D eigenvalue weighted by molar-refractivity contribution is 0.262. The minimum Gasteiger partial charge on any atom is -0.455 e. The van der Waals surface area contributed by atoms with Gasteiger partial charge in [-0.3, -0.25) is 0 Å². The van der Waals surface area contributed by atoms with Gasteiger partial charge in [-0.05, 0) is 95.1 Å². The van der Waals surface area contributed by atoms with Crippen molar-refractivity contribution in [2.45, 2.75) is 32.6 Å². The van der Waals surface area contributed by atoms with Crippen molar-refractivity contribution in [3.8, 4) is 34.0 Å². The molecule has 6 rings (SSSR count). The van der Waals surface area contributed by atoms with E-state index in [1.165, 1.54) is 17.5 Å². The molecule has 0 unspecified atom stereocenters. The highest BCUT2D eigenvalue weighted by molar-refractivity contribution is 6.01. The molecular formula is C31H28N6O2. The van der Waals surface area contributed by atoms with Gasteiger partial charge in [0.2, 0.25) is 0 Å². The van der Waals surface area contributed by atoms with Gasteiger partial charge in [0.15, 0.2) is 11.6 Å². The summed E-state index contributed by atoms with van der Waals surface area (Å²) in [7, 11) is 0. The number of amides is 2. The van der Waals surface area contributed by atoms with E-state index < -0.39 is 0 Å².